The zero-order valence-electron chi connectivity index (χ0n) is 20.0. The molecule has 0 saturated heterocycles. The van der Waals surface area contributed by atoms with Gasteiger partial charge in [-0.25, -0.2) is 4.79 Å². The van der Waals surface area contributed by atoms with Crippen molar-refractivity contribution in [1.29, 1.82) is 0 Å². The number of ether oxygens (including phenoxy) is 1. The second-order valence-electron chi connectivity index (χ2n) is 10.4. The first-order chi connectivity index (χ1) is 16.2. The van der Waals surface area contributed by atoms with Gasteiger partial charge in [-0.3, -0.25) is 4.79 Å². The van der Waals surface area contributed by atoms with Gasteiger partial charge in [0.25, 0.3) is 5.91 Å². The van der Waals surface area contributed by atoms with Crippen molar-refractivity contribution in [2.24, 2.45) is 11.3 Å². The highest BCUT2D eigenvalue weighted by Gasteiger charge is 2.36. The number of aryl methyl sites for hydroxylation is 1. The average Bonchev–Trinajstić information content (AvgIpc) is 3.17. The molecule has 1 amide bonds. The molecule has 2 aromatic carbocycles. The van der Waals surface area contributed by atoms with Crippen molar-refractivity contribution in [2.45, 2.75) is 53.1 Å². The number of benzene rings is 2. The van der Waals surface area contributed by atoms with Crippen LogP contribution in [-0.2, 0) is 12.8 Å². The molecule has 2 N–H and O–H groups in total. The number of hydrogen-bond donors (Lipinski definition) is 2. The first-order valence-electron chi connectivity index (χ1n) is 11.8. The van der Waals surface area contributed by atoms with E-state index in [0.29, 0.717) is 17.2 Å². The predicted molar refractivity (Wildman–Crippen MR) is 136 cm³/mol. The van der Waals surface area contributed by atoms with Gasteiger partial charge in [0.2, 0.25) is 0 Å². The summed E-state index contributed by atoms with van der Waals surface area (Å²) in [5.41, 5.74) is 4.83. The number of esters is 1. The number of carbonyl (C=O) groups is 2. The Balaban J connectivity index is 1.30. The van der Waals surface area contributed by atoms with Crippen molar-refractivity contribution in [3.63, 3.8) is 0 Å². The molecule has 0 fully saturated rings. The van der Waals surface area contributed by atoms with E-state index in [9.17, 15) is 9.59 Å². The highest BCUT2D eigenvalue weighted by molar-refractivity contribution is 7.16. The van der Waals surface area contributed by atoms with E-state index in [1.165, 1.54) is 10.4 Å². The summed E-state index contributed by atoms with van der Waals surface area (Å²) in [7, 11) is 0. The minimum Gasteiger partial charge on any atom is -0.423 e. The van der Waals surface area contributed by atoms with E-state index in [1.54, 1.807) is 35.6 Å². The molecular weight excluding hydrogens is 444 g/mol. The Morgan fingerprint density at radius 1 is 1.03 bits per heavy atom. The molecule has 2 heterocycles. The lowest BCUT2D eigenvalue weighted by Gasteiger charge is -2.34. The fourth-order valence-corrected chi connectivity index (χ4v) is 6.14. The van der Waals surface area contributed by atoms with Gasteiger partial charge >= 0.3 is 5.97 Å². The van der Waals surface area contributed by atoms with Crippen molar-refractivity contribution >= 4 is 28.2 Å². The van der Waals surface area contributed by atoms with E-state index in [0.717, 1.165) is 41.0 Å². The molecule has 6 heteroatoms. The number of nitrogens with one attached hydrogen (secondary N) is 2. The first-order valence-corrected chi connectivity index (χ1v) is 12.6. The standard InChI is InChI=1S/C28H30N2O3S/c1-16-5-7-18(8-6-16)27(32)33-20-12-9-17(10-13-20)24-29-25(31)23-21-14-11-19(28(2,3)4)15-22(21)34-26(23)30-24/h5-10,12-13,19,24,30H,11,14-15H2,1-4H3,(H,29,31)/t19-,24+/m1/s1. The summed E-state index contributed by atoms with van der Waals surface area (Å²) in [6, 6.07) is 14.6. The van der Waals surface area contributed by atoms with Gasteiger partial charge in [-0.05, 0) is 72.9 Å². The van der Waals surface area contributed by atoms with Crippen LogP contribution in [0.25, 0.3) is 0 Å². The van der Waals surface area contributed by atoms with Crippen LogP contribution >= 0.6 is 11.3 Å². The maximum atomic E-state index is 13.1. The van der Waals surface area contributed by atoms with Crippen LogP contribution in [0.15, 0.2) is 48.5 Å². The molecular formula is C28H30N2O3S. The zero-order chi connectivity index (χ0) is 24.0. The van der Waals surface area contributed by atoms with E-state index in [4.69, 9.17) is 4.74 Å². The fourth-order valence-electron chi connectivity index (χ4n) is 4.79. The van der Waals surface area contributed by atoms with Gasteiger partial charge in [0.15, 0.2) is 0 Å². The Morgan fingerprint density at radius 2 is 1.74 bits per heavy atom. The van der Waals surface area contributed by atoms with Gasteiger partial charge in [-0.1, -0.05) is 50.6 Å². The van der Waals surface area contributed by atoms with Gasteiger partial charge in [-0.2, -0.15) is 0 Å². The smallest absolute Gasteiger partial charge is 0.343 e. The monoisotopic (exact) mass is 474 g/mol. The third-order valence-electron chi connectivity index (χ3n) is 6.98. The lowest BCUT2D eigenvalue weighted by molar-refractivity contribution is 0.0734. The van der Waals surface area contributed by atoms with E-state index >= 15 is 0 Å². The molecule has 2 aliphatic rings. The summed E-state index contributed by atoms with van der Waals surface area (Å²) >= 11 is 1.73. The predicted octanol–water partition coefficient (Wildman–Crippen LogP) is 6.28. The second kappa shape index (κ2) is 8.58. The number of hydrogen-bond acceptors (Lipinski definition) is 5. The number of carbonyl (C=O) groups excluding carboxylic acids is 2. The van der Waals surface area contributed by atoms with Gasteiger partial charge < -0.3 is 15.4 Å². The Bertz CT molecular complexity index is 1240. The van der Waals surface area contributed by atoms with Crippen LogP contribution in [0.5, 0.6) is 5.75 Å². The number of fused-ring (bicyclic) bond motifs is 3. The fraction of sp³-hybridized carbons (Fsp3) is 0.357. The highest BCUT2D eigenvalue weighted by atomic mass is 32.1. The summed E-state index contributed by atoms with van der Waals surface area (Å²) in [5.74, 6) is 0.700. The Hall–Kier alpha value is -3.12. The maximum Gasteiger partial charge on any atom is 0.343 e. The van der Waals surface area contributed by atoms with Crippen LogP contribution in [0.1, 0.15) is 75.6 Å². The van der Waals surface area contributed by atoms with Crippen LogP contribution < -0.4 is 15.4 Å². The molecule has 1 aromatic heterocycles. The average molecular weight is 475 g/mol. The number of anilines is 1. The summed E-state index contributed by atoms with van der Waals surface area (Å²) in [6.07, 6.45) is 2.81. The normalized spacial score (nSPS) is 19.5. The van der Waals surface area contributed by atoms with E-state index in [-0.39, 0.29) is 23.5 Å². The minimum atomic E-state index is -0.390. The van der Waals surface area contributed by atoms with Crippen LogP contribution in [0, 0.1) is 18.3 Å². The van der Waals surface area contributed by atoms with E-state index in [2.05, 4.69) is 31.4 Å². The third-order valence-corrected chi connectivity index (χ3v) is 8.16. The molecule has 5 rings (SSSR count). The molecule has 2 atom stereocenters. The van der Waals surface area contributed by atoms with E-state index < -0.39 is 0 Å². The second-order valence-corrected chi connectivity index (χ2v) is 11.5. The van der Waals surface area contributed by atoms with Gasteiger partial charge in [0.1, 0.15) is 16.9 Å². The Kier molecular flexibility index (Phi) is 5.72. The Labute approximate surface area is 204 Å². The van der Waals surface area contributed by atoms with Crippen molar-refractivity contribution < 1.29 is 14.3 Å². The largest absolute Gasteiger partial charge is 0.423 e. The number of rotatable bonds is 3. The van der Waals surface area contributed by atoms with Gasteiger partial charge in [0.05, 0.1) is 11.1 Å². The topological polar surface area (TPSA) is 67.4 Å². The lowest BCUT2D eigenvalue weighted by atomic mass is 9.72. The molecule has 5 nitrogen and oxygen atoms in total. The summed E-state index contributed by atoms with van der Waals surface area (Å²) in [6.45, 7) is 8.89. The van der Waals surface area contributed by atoms with Crippen molar-refractivity contribution in [3.05, 3.63) is 81.2 Å². The molecule has 0 radical (unpaired) electrons. The lowest BCUT2D eigenvalue weighted by Crippen LogP contribution is -2.38. The molecule has 1 aliphatic heterocycles. The van der Waals surface area contributed by atoms with Crippen LogP contribution in [-0.4, -0.2) is 11.9 Å². The van der Waals surface area contributed by atoms with Gasteiger partial charge in [0, 0.05) is 4.88 Å². The molecule has 0 unspecified atom stereocenters. The quantitative estimate of drug-likeness (QED) is 0.346. The molecule has 0 saturated carbocycles. The molecule has 0 spiro atoms. The van der Waals surface area contributed by atoms with Crippen molar-refractivity contribution in [3.8, 4) is 5.75 Å². The highest BCUT2D eigenvalue weighted by Crippen LogP contribution is 2.46. The van der Waals surface area contributed by atoms with Gasteiger partial charge in [-0.15, -0.1) is 11.3 Å². The zero-order valence-corrected chi connectivity index (χ0v) is 20.8. The number of thiophene rings is 1. The molecule has 1 aliphatic carbocycles. The SMILES string of the molecule is Cc1ccc(C(=O)Oc2ccc([C@H]3NC(=O)c4c(sc5c4CC[C@@H](C(C)(C)C)C5)N3)cc2)cc1. The summed E-state index contributed by atoms with van der Waals surface area (Å²) in [4.78, 5) is 26.8. The van der Waals surface area contributed by atoms with Crippen LogP contribution in [0.3, 0.4) is 0 Å². The molecule has 0 bridgehead atoms. The van der Waals surface area contributed by atoms with Crippen LogP contribution in [0.2, 0.25) is 0 Å². The van der Waals surface area contributed by atoms with Crippen LogP contribution in [0.4, 0.5) is 5.00 Å². The van der Waals surface area contributed by atoms with E-state index in [1.807, 2.05) is 31.2 Å². The molecule has 176 valence electrons. The van der Waals surface area contributed by atoms with Crippen molar-refractivity contribution in [1.82, 2.24) is 5.32 Å². The first kappa shape index (κ1) is 22.7. The minimum absolute atomic E-state index is 0.0136. The van der Waals surface area contributed by atoms with Crippen molar-refractivity contribution in [2.75, 3.05) is 5.32 Å². The molecule has 34 heavy (non-hydrogen) atoms. The Morgan fingerprint density at radius 3 is 2.41 bits per heavy atom. The molecule has 3 aromatic rings. The third kappa shape index (κ3) is 4.34. The number of amides is 1. The summed E-state index contributed by atoms with van der Waals surface area (Å²) < 4.78 is 5.51. The summed E-state index contributed by atoms with van der Waals surface area (Å²) in [5, 5.41) is 7.59. The maximum absolute atomic E-state index is 13.1.